The molecule has 0 aliphatic rings. The van der Waals surface area contributed by atoms with Gasteiger partial charge in [0.05, 0.1) is 13.2 Å². The fourth-order valence-electron chi connectivity index (χ4n) is 0.696. The second kappa shape index (κ2) is 5.50. The summed E-state index contributed by atoms with van der Waals surface area (Å²) in [5.74, 6) is 0. The molecular formula is C11H23NO4. The average molecular weight is 233 g/mol. The molecule has 0 rings (SSSR count). The molecule has 0 unspecified atom stereocenters. The van der Waals surface area contributed by atoms with Crippen molar-refractivity contribution >= 4 is 6.09 Å². The summed E-state index contributed by atoms with van der Waals surface area (Å²) in [7, 11) is 1.49. The number of hydroxylamine groups is 2. The van der Waals surface area contributed by atoms with E-state index in [1.165, 1.54) is 7.05 Å². The molecular weight excluding hydrogens is 210 g/mol. The molecule has 0 aromatic rings. The summed E-state index contributed by atoms with van der Waals surface area (Å²) in [5.41, 5.74) is -0.919. The summed E-state index contributed by atoms with van der Waals surface area (Å²) >= 11 is 0. The smallest absolute Gasteiger partial charge is 0.434 e. The lowest BCUT2D eigenvalue weighted by molar-refractivity contribution is -0.156. The molecule has 1 amide bonds. The molecule has 0 radical (unpaired) electrons. The molecule has 0 saturated heterocycles. The Morgan fingerprint density at radius 3 is 2.12 bits per heavy atom. The van der Waals surface area contributed by atoms with E-state index in [0.717, 1.165) is 5.06 Å². The minimum absolute atomic E-state index is 0.00480. The number of aliphatic hydroxyl groups is 1. The van der Waals surface area contributed by atoms with Crippen LogP contribution in [0.25, 0.3) is 0 Å². The van der Waals surface area contributed by atoms with Gasteiger partial charge in [0, 0.05) is 12.5 Å². The molecule has 0 heterocycles. The molecule has 1 N–H and O–H groups in total. The van der Waals surface area contributed by atoms with Crippen LogP contribution < -0.4 is 0 Å². The van der Waals surface area contributed by atoms with Crippen LogP contribution in [0.1, 0.15) is 34.6 Å². The molecule has 0 spiro atoms. The van der Waals surface area contributed by atoms with Crippen molar-refractivity contribution in [2.45, 2.75) is 40.2 Å². The van der Waals surface area contributed by atoms with Gasteiger partial charge in [0.15, 0.2) is 0 Å². The molecule has 0 atom stereocenters. The SMILES string of the molecule is CN(OCC(C)(C)CO)C(=O)OC(C)(C)C. The summed E-state index contributed by atoms with van der Waals surface area (Å²) in [4.78, 5) is 16.7. The zero-order chi connectivity index (χ0) is 13.0. The van der Waals surface area contributed by atoms with Gasteiger partial charge in [-0.15, -0.1) is 0 Å². The lowest BCUT2D eigenvalue weighted by Crippen LogP contribution is -2.37. The third-order valence-corrected chi connectivity index (χ3v) is 1.73. The molecule has 0 aromatic carbocycles. The Morgan fingerprint density at radius 2 is 1.75 bits per heavy atom. The van der Waals surface area contributed by atoms with Gasteiger partial charge in [-0.1, -0.05) is 13.8 Å². The topological polar surface area (TPSA) is 59.0 Å². The van der Waals surface area contributed by atoms with Crippen molar-refractivity contribution in [3.63, 3.8) is 0 Å². The van der Waals surface area contributed by atoms with E-state index in [0.29, 0.717) is 0 Å². The van der Waals surface area contributed by atoms with Crippen LogP contribution in [0.5, 0.6) is 0 Å². The minimum atomic E-state index is -0.541. The highest BCUT2D eigenvalue weighted by Gasteiger charge is 2.23. The van der Waals surface area contributed by atoms with Crippen molar-refractivity contribution in [3.05, 3.63) is 0 Å². The zero-order valence-electron chi connectivity index (χ0n) is 11.0. The molecule has 5 nitrogen and oxygen atoms in total. The lowest BCUT2D eigenvalue weighted by Gasteiger charge is -2.27. The van der Waals surface area contributed by atoms with Crippen molar-refractivity contribution in [2.24, 2.45) is 5.41 Å². The molecule has 0 aliphatic carbocycles. The van der Waals surface area contributed by atoms with Gasteiger partial charge in [0.1, 0.15) is 5.60 Å². The van der Waals surface area contributed by atoms with Crippen LogP contribution in [-0.4, -0.2) is 42.1 Å². The number of carbonyl (C=O) groups excluding carboxylic acids is 1. The quantitative estimate of drug-likeness (QED) is 0.752. The highest BCUT2D eigenvalue weighted by Crippen LogP contribution is 2.15. The zero-order valence-corrected chi connectivity index (χ0v) is 11.0. The van der Waals surface area contributed by atoms with Crippen LogP contribution in [0.15, 0.2) is 0 Å². The van der Waals surface area contributed by atoms with E-state index >= 15 is 0 Å². The Balaban J connectivity index is 4.08. The summed E-state index contributed by atoms with van der Waals surface area (Å²) in [5, 5.41) is 10.1. The normalized spacial score (nSPS) is 12.4. The van der Waals surface area contributed by atoms with Crippen LogP contribution in [0, 0.1) is 5.41 Å². The summed E-state index contributed by atoms with van der Waals surface area (Å²) in [6, 6.07) is 0. The van der Waals surface area contributed by atoms with Crippen LogP contribution in [0.3, 0.4) is 0 Å². The van der Waals surface area contributed by atoms with Gasteiger partial charge in [0.2, 0.25) is 0 Å². The number of aliphatic hydroxyl groups excluding tert-OH is 1. The van der Waals surface area contributed by atoms with Crippen molar-refractivity contribution in [1.29, 1.82) is 0 Å². The Morgan fingerprint density at radius 1 is 1.25 bits per heavy atom. The molecule has 0 bridgehead atoms. The van der Waals surface area contributed by atoms with E-state index in [-0.39, 0.29) is 18.6 Å². The van der Waals surface area contributed by atoms with Gasteiger partial charge in [0.25, 0.3) is 0 Å². The maximum atomic E-state index is 11.5. The summed E-state index contributed by atoms with van der Waals surface area (Å²) in [6.07, 6.45) is -0.541. The fourth-order valence-corrected chi connectivity index (χ4v) is 0.696. The van der Waals surface area contributed by atoms with Gasteiger partial charge in [-0.3, -0.25) is 4.84 Å². The van der Waals surface area contributed by atoms with E-state index in [4.69, 9.17) is 14.7 Å². The van der Waals surface area contributed by atoms with Crippen LogP contribution in [-0.2, 0) is 9.57 Å². The largest absolute Gasteiger partial charge is 0.442 e. The maximum Gasteiger partial charge on any atom is 0.434 e. The predicted molar refractivity (Wildman–Crippen MR) is 60.8 cm³/mol. The van der Waals surface area contributed by atoms with E-state index in [1.807, 2.05) is 13.8 Å². The third kappa shape index (κ3) is 6.63. The number of nitrogens with zero attached hydrogens (tertiary/aromatic N) is 1. The number of hydrogen-bond donors (Lipinski definition) is 1. The highest BCUT2D eigenvalue weighted by molar-refractivity contribution is 5.66. The number of rotatable bonds is 4. The molecule has 5 heteroatoms. The molecule has 0 aromatic heterocycles. The molecule has 0 aliphatic heterocycles. The predicted octanol–water partition coefficient (Wildman–Crippen LogP) is 1.80. The van der Waals surface area contributed by atoms with Crippen LogP contribution in [0.2, 0.25) is 0 Å². The Labute approximate surface area is 97.3 Å². The number of ether oxygens (including phenoxy) is 1. The lowest BCUT2D eigenvalue weighted by atomic mass is 9.97. The van der Waals surface area contributed by atoms with Gasteiger partial charge >= 0.3 is 6.09 Å². The molecule has 16 heavy (non-hydrogen) atoms. The van der Waals surface area contributed by atoms with Crippen LogP contribution >= 0.6 is 0 Å². The highest BCUT2D eigenvalue weighted by atomic mass is 16.7. The fraction of sp³-hybridized carbons (Fsp3) is 0.909. The van der Waals surface area contributed by atoms with Crippen molar-refractivity contribution in [3.8, 4) is 0 Å². The van der Waals surface area contributed by atoms with Crippen molar-refractivity contribution < 1.29 is 19.5 Å². The second-order valence-corrected chi connectivity index (χ2v) is 5.57. The van der Waals surface area contributed by atoms with Gasteiger partial charge in [-0.25, -0.2) is 4.79 Å². The summed E-state index contributed by atoms with van der Waals surface area (Å²) in [6.45, 7) is 9.30. The molecule has 0 fully saturated rings. The van der Waals surface area contributed by atoms with Crippen LogP contribution in [0.4, 0.5) is 4.79 Å². The van der Waals surface area contributed by atoms with E-state index < -0.39 is 11.7 Å². The van der Waals surface area contributed by atoms with Crippen molar-refractivity contribution in [1.82, 2.24) is 5.06 Å². The Hall–Kier alpha value is -0.810. The minimum Gasteiger partial charge on any atom is -0.442 e. The molecule has 0 saturated carbocycles. The maximum absolute atomic E-state index is 11.5. The number of carbonyl (C=O) groups is 1. The molecule has 96 valence electrons. The summed E-state index contributed by atoms with van der Waals surface area (Å²) < 4.78 is 5.10. The van der Waals surface area contributed by atoms with Gasteiger partial charge < -0.3 is 9.84 Å². The first-order chi connectivity index (χ1) is 7.07. The standard InChI is InChI=1S/C11H23NO4/c1-10(2,3)16-9(14)12(6)15-8-11(4,5)7-13/h13H,7-8H2,1-6H3. The number of amides is 1. The first-order valence-electron chi connectivity index (χ1n) is 5.28. The van der Waals surface area contributed by atoms with E-state index in [2.05, 4.69) is 0 Å². The second-order valence-electron chi connectivity index (χ2n) is 5.57. The number of hydrogen-bond acceptors (Lipinski definition) is 4. The van der Waals surface area contributed by atoms with E-state index in [1.54, 1.807) is 20.8 Å². The van der Waals surface area contributed by atoms with Crippen molar-refractivity contribution in [2.75, 3.05) is 20.3 Å². The van der Waals surface area contributed by atoms with Gasteiger partial charge in [-0.2, -0.15) is 5.06 Å². The monoisotopic (exact) mass is 233 g/mol. The average Bonchev–Trinajstić information content (AvgIpc) is 2.11. The first kappa shape index (κ1) is 15.2. The third-order valence-electron chi connectivity index (χ3n) is 1.73. The Kier molecular flexibility index (Phi) is 5.22. The Bertz CT molecular complexity index is 233. The van der Waals surface area contributed by atoms with E-state index in [9.17, 15) is 4.79 Å². The van der Waals surface area contributed by atoms with Gasteiger partial charge in [-0.05, 0) is 20.8 Å². The first-order valence-corrected chi connectivity index (χ1v) is 5.28.